The Kier molecular flexibility index (Phi) is 1.51. The SMILES string of the molecule is Cc1oc2ncncc2c1C(=O)O. The smallest absolute Gasteiger partial charge is 0.340 e. The van der Waals surface area contributed by atoms with Crippen molar-refractivity contribution in [3.63, 3.8) is 0 Å². The van der Waals surface area contributed by atoms with E-state index in [1.54, 1.807) is 6.92 Å². The summed E-state index contributed by atoms with van der Waals surface area (Å²) in [5.74, 6) is -0.672. The number of aromatic carboxylic acids is 1. The van der Waals surface area contributed by atoms with Crippen LogP contribution in [0.1, 0.15) is 16.1 Å². The molecular formula is C8H6N2O3. The van der Waals surface area contributed by atoms with Crippen molar-refractivity contribution in [3.05, 3.63) is 23.8 Å². The van der Waals surface area contributed by atoms with Gasteiger partial charge in [-0.05, 0) is 6.92 Å². The largest absolute Gasteiger partial charge is 0.478 e. The molecule has 0 radical (unpaired) electrons. The van der Waals surface area contributed by atoms with E-state index in [1.807, 2.05) is 0 Å². The molecule has 0 aliphatic carbocycles. The van der Waals surface area contributed by atoms with Crippen LogP contribution in [0.15, 0.2) is 16.9 Å². The van der Waals surface area contributed by atoms with Gasteiger partial charge in [-0.15, -0.1) is 0 Å². The number of carboxylic acid groups (broad SMARTS) is 1. The third-order valence-corrected chi connectivity index (χ3v) is 1.76. The molecule has 0 saturated carbocycles. The second kappa shape index (κ2) is 2.55. The molecule has 2 aromatic heterocycles. The van der Waals surface area contributed by atoms with Crippen molar-refractivity contribution in [1.82, 2.24) is 9.97 Å². The number of aromatic nitrogens is 2. The lowest BCUT2D eigenvalue weighted by Gasteiger charge is -1.88. The van der Waals surface area contributed by atoms with Crippen molar-refractivity contribution in [2.75, 3.05) is 0 Å². The molecule has 0 amide bonds. The fourth-order valence-corrected chi connectivity index (χ4v) is 1.22. The first kappa shape index (κ1) is 7.72. The van der Waals surface area contributed by atoms with Crippen LogP contribution >= 0.6 is 0 Å². The van der Waals surface area contributed by atoms with Gasteiger partial charge in [-0.25, -0.2) is 14.8 Å². The Labute approximate surface area is 73.0 Å². The van der Waals surface area contributed by atoms with Gasteiger partial charge >= 0.3 is 5.97 Å². The third kappa shape index (κ3) is 1.05. The summed E-state index contributed by atoms with van der Waals surface area (Å²) < 4.78 is 5.13. The van der Waals surface area contributed by atoms with Crippen LogP contribution in [0, 0.1) is 6.92 Å². The number of carboxylic acids is 1. The van der Waals surface area contributed by atoms with Crippen LogP contribution in [0.5, 0.6) is 0 Å². The van der Waals surface area contributed by atoms with E-state index in [4.69, 9.17) is 9.52 Å². The van der Waals surface area contributed by atoms with Crippen molar-refractivity contribution in [2.45, 2.75) is 6.92 Å². The van der Waals surface area contributed by atoms with Crippen LogP contribution in [0.4, 0.5) is 0 Å². The summed E-state index contributed by atoms with van der Waals surface area (Å²) in [6, 6.07) is 0. The minimum Gasteiger partial charge on any atom is -0.478 e. The first-order valence-electron chi connectivity index (χ1n) is 3.62. The zero-order chi connectivity index (χ0) is 9.42. The Morgan fingerprint density at radius 2 is 2.38 bits per heavy atom. The highest BCUT2D eigenvalue weighted by Crippen LogP contribution is 2.22. The van der Waals surface area contributed by atoms with Crippen LogP contribution in [0.2, 0.25) is 0 Å². The highest BCUT2D eigenvalue weighted by atomic mass is 16.4. The standard InChI is InChI=1S/C8H6N2O3/c1-4-6(8(11)12)5-2-9-3-10-7(5)13-4/h2-3H,1H3,(H,11,12). The topological polar surface area (TPSA) is 76.2 Å². The maximum Gasteiger partial charge on any atom is 0.340 e. The van der Waals surface area contributed by atoms with Gasteiger partial charge in [0.15, 0.2) is 0 Å². The van der Waals surface area contributed by atoms with Crippen LogP contribution < -0.4 is 0 Å². The van der Waals surface area contributed by atoms with Gasteiger partial charge in [0.2, 0.25) is 5.71 Å². The first-order chi connectivity index (χ1) is 6.20. The lowest BCUT2D eigenvalue weighted by molar-refractivity contribution is 0.0697. The highest BCUT2D eigenvalue weighted by Gasteiger charge is 2.17. The molecule has 0 unspecified atom stereocenters. The summed E-state index contributed by atoms with van der Waals surface area (Å²) in [7, 11) is 0. The number of carbonyl (C=O) groups is 1. The zero-order valence-corrected chi connectivity index (χ0v) is 6.81. The van der Waals surface area contributed by atoms with Crippen LogP contribution in [0.25, 0.3) is 11.1 Å². The second-order valence-corrected chi connectivity index (χ2v) is 2.58. The quantitative estimate of drug-likeness (QED) is 0.710. The molecule has 2 aromatic rings. The van der Waals surface area contributed by atoms with E-state index in [1.165, 1.54) is 12.5 Å². The van der Waals surface area contributed by atoms with E-state index < -0.39 is 5.97 Å². The third-order valence-electron chi connectivity index (χ3n) is 1.76. The predicted octanol–water partition coefficient (Wildman–Crippen LogP) is 1.23. The monoisotopic (exact) mass is 178 g/mol. The number of hydrogen-bond donors (Lipinski definition) is 1. The van der Waals surface area contributed by atoms with E-state index in [0.29, 0.717) is 16.9 Å². The summed E-state index contributed by atoms with van der Waals surface area (Å²) in [6.07, 6.45) is 2.75. The molecule has 0 aliphatic heterocycles. The summed E-state index contributed by atoms with van der Waals surface area (Å²) in [6.45, 7) is 1.59. The molecule has 13 heavy (non-hydrogen) atoms. The second-order valence-electron chi connectivity index (χ2n) is 2.58. The van der Waals surface area contributed by atoms with Gasteiger partial charge in [-0.1, -0.05) is 0 Å². The van der Waals surface area contributed by atoms with Gasteiger partial charge < -0.3 is 9.52 Å². The van der Waals surface area contributed by atoms with Gasteiger partial charge in [-0.2, -0.15) is 0 Å². The number of fused-ring (bicyclic) bond motifs is 1. The molecule has 0 saturated heterocycles. The average Bonchev–Trinajstić information content (AvgIpc) is 2.39. The van der Waals surface area contributed by atoms with Gasteiger partial charge in [0.1, 0.15) is 17.7 Å². The van der Waals surface area contributed by atoms with Crippen LogP contribution in [-0.4, -0.2) is 21.0 Å². The molecule has 2 heterocycles. The molecule has 0 spiro atoms. The lowest BCUT2D eigenvalue weighted by Crippen LogP contribution is -1.96. The van der Waals surface area contributed by atoms with E-state index in [2.05, 4.69) is 9.97 Å². The molecule has 2 rings (SSSR count). The van der Waals surface area contributed by atoms with E-state index in [-0.39, 0.29) is 5.56 Å². The number of nitrogens with zero attached hydrogens (tertiary/aromatic N) is 2. The van der Waals surface area contributed by atoms with Crippen molar-refractivity contribution < 1.29 is 14.3 Å². The van der Waals surface area contributed by atoms with Crippen molar-refractivity contribution in [2.24, 2.45) is 0 Å². The Hall–Kier alpha value is -1.91. The fraction of sp³-hybridized carbons (Fsp3) is 0.125. The average molecular weight is 178 g/mol. The fourth-order valence-electron chi connectivity index (χ4n) is 1.22. The van der Waals surface area contributed by atoms with Gasteiger partial charge in [-0.3, -0.25) is 0 Å². The number of rotatable bonds is 1. The normalized spacial score (nSPS) is 10.5. The molecule has 5 nitrogen and oxygen atoms in total. The molecule has 0 bridgehead atoms. The Morgan fingerprint density at radius 1 is 1.62 bits per heavy atom. The van der Waals surface area contributed by atoms with Gasteiger partial charge in [0, 0.05) is 6.20 Å². The van der Waals surface area contributed by atoms with Crippen molar-refractivity contribution >= 4 is 17.1 Å². The molecule has 0 aromatic carbocycles. The molecule has 0 atom stereocenters. The Balaban J connectivity index is 2.86. The van der Waals surface area contributed by atoms with Crippen molar-refractivity contribution in [1.29, 1.82) is 0 Å². The zero-order valence-electron chi connectivity index (χ0n) is 6.81. The summed E-state index contributed by atoms with van der Waals surface area (Å²) in [5.41, 5.74) is 0.445. The molecular weight excluding hydrogens is 172 g/mol. The lowest BCUT2D eigenvalue weighted by atomic mass is 10.2. The first-order valence-corrected chi connectivity index (χ1v) is 3.62. The van der Waals surface area contributed by atoms with Crippen LogP contribution in [0.3, 0.4) is 0 Å². The summed E-state index contributed by atoms with van der Waals surface area (Å²) in [5, 5.41) is 9.27. The predicted molar refractivity (Wildman–Crippen MR) is 43.5 cm³/mol. The number of aryl methyl sites for hydroxylation is 1. The van der Waals surface area contributed by atoms with Crippen molar-refractivity contribution in [3.8, 4) is 0 Å². The molecule has 0 aliphatic rings. The van der Waals surface area contributed by atoms with Gasteiger partial charge in [0.05, 0.1) is 5.39 Å². The minimum absolute atomic E-state index is 0.135. The molecule has 1 N–H and O–H groups in total. The Morgan fingerprint density at radius 3 is 3.08 bits per heavy atom. The van der Waals surface area contributed by atoms with Gasteiger partial charge in [0.25, 0.3) is 0 Å². The van der Waals surface area contributed by atoms with E-state index in [0.717, 1.165) is 0 Å². The maximum absolute atomic E-state index is 10.8. The minimum atomic E-state index is -1.02. The summed E-state index contributed by atoms with van der Waals surface area (Å²) in [4.78, 5) is 18.3. The molecule has 66 valence electrons. The molecule has 0 fully saturated rings. The number of furan rings is 1. The maximum atomic E-state index is 10.8. The molecule has 5 heteroatoms. The van der Waals surface area contributed by atoms with E-state index >= 15 is 0 Å². The highest BCUT2D eigenvalue weighted by molar-refractivity contribution is 6.02. The Bertz CT molecular complexity index is 475. The summed E-state index contributed by atoms with van der Waals surface area (Å²) >= 11 is 0. The van der Waals surface area contributed by atoms with E-state index in [9.17, 15) is 4.79 Å². The van der Waals surface area contributed by atoms with Crippen LogP contribution in [-0.2, 0) is 0 Å². The number of hydrogen-bond acceptors (Lipinski definition) is 4.